The molecule has 0 bridgehead atoms. The van der Waals surface area contributed by atoms with E-state index in [-0.39, 0.29) is 0 Å². The Morgan fingerprint density at radius 1 is 1.31 bits per heavy atom. The summed E-state index contributed by atoms with van der Waals surface area (Å²) in [5.74, 6) is 0. The van der Waals surface area contributed by atoms with Crippen LogP contribution in [0.15, 0.2) is 28.5 Å². The van der Waals surface area contributed by atoms with Crippen LogP contribution in [0.4, 0.5) is 0 Å². The standard InChI is InChI=1S/C8H4Cl2OS2/c9-5-2-1-3-7-8(5)6(10)4-13(7)12-11/h1-4H. The summed E-state index contributed by atoms with van der Waals surface area (Å²) in [5.41, 5.74) is 0.817. The smallest absolute Gasteiger partial charge is 0.129 e. The van der Waals surface area contributed by atoms with Crippen molar-refractivity contribution in [1.29, 1.82) is 0 Å². The maximum Gasteiger partial charge on any atom is 0.129 e. The van der Waals surface area contributed by atoms with Crippen LogP contribution in [-0.2, 0) is 19.7 Å². The molecule has 1 aromatic rings. The highest BCUT2D eigenvalue weighted by Gasteiger charge is 2.19. The Hall–Kier alpha value is -0.0900. The number of halogens is 2. The van der Waals surface area contributed by atoms with Crippen LogP contribution in [0.25, 0.3) is 5.03 Å². The largest absolute Gasteiger partial charge is 0.205 e. The van der Waals surface area contributed by atoms with Gasteiger partial charge in [0.25, 0.3) is 0 Å². The Morgan fingerprint density at radius 3 is 2.77 bits per heavy atom. The Kier molecular flexibility index (Phi) is 2.60. The molecule has 1 aromatic carbocycles. The molecule has 0 saturated carbocycles. The van der Waals surface area contributed by atoms with Crippen molar-refractivity contribution < 1.29 is 4.21 Å². The molecule has 0 aliphatic carbocycles. The summed E-state index contributed by atoms with van der Waals surface area (Å²) in [4.78, 5) is 0.942. The van der Waals surface area contributed by atoms with Gasteiger partial charge in [0.2, 0.25) is 0 Å². The lowest BCUT2D eigenvalue weighted by Crippen LogP contribution is -1.84. The lowest BCUT2D eigenvalue weighted by Gasteiger charge is -2.00. The van der Waals surface area contributed by atoms with E-state index in [9.17, 15) is 4.21 Å². The van der Waals surface area contributed by atoms with Crippen molar-refractivity contribution in [2.75, 3.05) is 0 Å². The molecule has 1 heterocycles. The van der Waals surface area contributed by atoms with Gasteiger partial charge in [0.1, 0.15) is 10.2 Å². The van der Waals surface area contributed by atoms with Crippen LogP contribution in [0.5, 0.6) is 0 Å². The molecule has 1 aliphatic rings. The molecule has 0 fully saturated rings. The first-order chi connectivity index (χ1) is 6.24. The van der Waals surface area contributed by atoms with Gasteiger partial charge in [-0.3, -0.25) is 0 Å². The summed E-state index contributed by atoms with van der Waals surface area (Å²) in [6.07, 6.45) is 0. The van der Waals surface area contributed by atoms with Crippen molar-refractivity contribution in [2.24, 2.45) is 0 Å². The van der Waals surface area contributed by atoms with Crippen molar-refractivity contribution >= 4 is 47.9 Å². The van der Waals surface area contributed by atoms with Crippen LogP contribution in [-0.4, -0.2) is 4.21 Å². The molecule has 0 N–H and O–H groups in total. The lowest BCUT2D eigenvalue weighted by atomic mass is 10.2. The molecule has 5 heteroatoms. The van der Waals surface area contributed by atoms with E-state index < -0.39 is 9.45 Å². The summed E-state index contributed by atoms with van der Waals surface area (Å²) in [5, 5.41) is 2.96. The molecule has 1 nitrogen and oxygen atoms in total. The van der Waals surface area contributed by atoms with E-state index in [1.165, 1.54) is 0 Å². The zero-order valence-electron chi connectivity index (χ0n) is 6.29. The predicted molar refractivity (Wildman–Crippen MR) is 59.1 cm³/mol. The molecule has 0 saturated heterocycles. The fourth-order valence-corrected chi connectivity index (χ4v) is 4.46. The number of fused-ring (bicyclic) bond motifs is 1. The van der Waals surface area contributed by atoms with E-state index in [1.807, 2.05) is 12.1 Å². The molecule has 13 heavy (non-hydrogen) atoms. The molecular weight excluding hydrogens is 247 g/mol. The highest BCUT2D eigenvalue weighted by Crippen LogP contribution is 2.38. The van der Waals surface area contributed by atoms with E-state index in [2.05, 4.69) is 0 Å². The monoisotopic (exact) mass is 250 g/mol. The van der Waals surface area contributed by atoms with Crippen LogP contribution in [0.1, 0.15) is 5.56 Å². The summed E-state index contributed by atoms with van der Waals surface area (Å²) in [6.45, 7) is 0. The van der Waals surface area contributed by atoms with Gasteiger partial charge in [-0.1, -0.05) is 29.3 Å². The normalized spacial score (nSPS) is 19.5. The van der Waals surface area contributed by atoms with E-state index >= 15 is 0 Å². The van der Waals surface area contributed by atoms with Crippen LogP contribution in [0.2, 0.25) is 5.02 Å². The molecule has 68 valence electrons. The van der Waals surface area contributed by atoms with Crippen molar-refractivity contribution in [2.45, 2.75) is 4.90 Å². The Bertz CT molecular complexity index is 461. The molecular formula is C8H4Cl2OS2. The zero-order chi connectivity index (χ0) is 9.42. The second-order valence-electron chi connectivity index (χ2n) is 2.44. The average molecular weight is 251 g/mol. The minimum Gasteiger partial charge on any atom is -0.205 e. The van der Waals surface area contributed by atoms with Gasteiger partial charge in [-0.2, -0.15) is 0 Å². The molecule has 1 atom stereocenters. The minimum absolute atomic E-state index is 0.467. The average Bonchev–Trinajstić information content (AvgIpc) is 2.44. The van der Waals surface area contributed by atoms with Gasteiger partial charge in [-0.25, -0.2) is 4.21 Å². The predicted octanol–water partition coefficient (Wildman–Crippen LogP) is 3.00. The van der Waals surface area contributed by atoms with Gasteiger partial charge < -0.3 is 0 Å². The third-order valence-corrected chi connectivity index (χ3v) is 5.09. The van der Waals surface area contributed by atoms with Gasteiger partial charge in [0.05, 0.1) is 10.1 Å². The van der Waals surface area contributed by atoms with Gasteiger partial charge in [-0.05, 0) is 21.6 Å². The first-order valence-electron chi connectivity index (χ1n) is 3.43. The summed E-state index contributed by atoms with van der Waals surface area (Å²) in [7, 11) is 0.0790. The third-order valence-electron chi connectivity index (χ3n) is 1.71. The number of hydrogen-bond acceptors (Lipinski definition) is 1. The summed E-state index contributed by atoms with van der Waals surface area (Å²) in [6, 6.07) is 5.50. The van der Waals surface area contributed by atoms with Crippen molar-refractivity contribution in [1.82, 2.24) is 0 Å². The topological polar surface area (TPSA) is 17.1 Å². The molecule has 1 aliphatic heterocycles. The third kappa shape index (κ3) is 1.50. The van der Waals surface area contributed by atoms with Crippen LogP contribution in [0, 0.1) is 0 Å². The Labute approximate surface area is 91.0 Å². The minimum atomic E-state index is -0.467. The van der Waals surface area contributed by atoms with Crippen molar-refractivity contribution in [3.8, 4) is 0 Å². The highest BCUT2D eigenvalue weighted by molar-refractivity contribution is 8.33. The molecule has 2 rings (SSSR count). The number of hydrogen-bond donors (Lipinski definition) is 0. The maximum atomic E-state index is 10.7. The molecule has 0 amide bonds. The first-order valence-corrected chi connectivity index (χ1v) is 6.74. The SMILES string of the molecule is O=S=S1C=C(Cl)c2c(Cl)cccc21. The molecule has 0 spiro atoms. The van der Waals surface area contributed by atoms with Gasteiger partial charge in [-0.15, -0.1) is 0 Å². The maximum absolute atomic E-state index is 10.7. The summed E-state index contributed by atoms with van der Waals surface area (Å²) < 4.78 is 10.7. The summed E-state index contributed by atoms with van der Waals surface area (Å²) >= 11 is 11.9. The van der Waals surface area contributed by atoms with E-state index in [0.29, 0.717) is 20.3 Å². The molecule has 1 unspecified atom stereocenters. The van der Waals surface area contributed by atoms with E-state index in [4.69, 9.17) is 23.2 Å². The van der Waals surface area contributed by atoms with Crippen molar-refractivity contribution in [3.05, 3.63) is 34.2 Å². The zero-order valence-corrected chi connectivity index (χ0v) is 9.43. The lowest BCUT2D eigenvalue weighted by molar-refractivity contribution is 0.701. The number of benzene rings is 1. The van der Waals surface area contributed by atoms with E-state index in [1.54, 1.807) is 11.5 Å². The first kappa shape index (κ1) is 9.46. The highest BCUT2D eigenvalue weighted by atomic mass is 35.5. The number of rotatable bonds is 0. The quantitative estimate of drug-likeness (QED) is 0.692. The van der Waals surface area contributed by atoms with Crippen LogP contribution >= 0.6 is 23.2 Å². The Morgan fingerprint density at radius 2 is 2.08 bits per heavy atom. The molecule has 0 aromatic heterocycles. The van der Waals surface area contributed by atoms with Crippen LogP contribution < -0.4 is 0 Å². The van der Waals surface area contributed by atoms with Gasteiger partial charge in [0, 0.05) is 15.9 Å². The fraction of sp³-hybridized carbons (Fsp3) is 0. The van der Waals surface area contributed by atoms with E-state index in [0.717, 1.165) is 10.5 Å². The van der Waals surface area contributed by atoms with Crippen molar-refractivity contribution in [3.63, 3.8) is 0 Å². The fourth-order valence-electron chi connectivity index (χ4n) is 1.18. The molecule has 0 radical (unpaired) electrons. The van der Waals surface area contributed by atoms with Crippen LogP contribution in [0.3, 0.4) is 0 Å². The second kappa shape index (κ2) is 3.58. The van der Waals surface area contributed by atoms with Gasteiger partial charge in [0.15, 0.2) is 0 Å². The second-order valence-corrected chi connectivity index (χ2v) is 6.15. The Balaban J connectivity index is 2.81. The van der Waals surface area contributed by atoms with Gasteiger partial charge >= 0.3 is 0 Å².